The molecule has 150 valence electrons. The Bertz CT molecular complexity index is 1050. The second-order valence-electron chi connectivity index (χ2n) is 7.03. The van der Waals surface area contributed by atoms with Crippen LogP contribution in [0.4, 0.5) is 0 Å². The molecule has 2 heterocycles. The van der Waals surface area contributed by atoms with E-state index in [0.29, 0.717) is 18.0 Å². The first kappa shape index (κ1) is 19.0. The summed E-state index contributed by atoms with van der Waals surface area (Å²) in [7, 11) is 5.50. The van der Waals surface area contributed by atoms with Gasteiger partial charge in [-0.2, -0.15) is 0 Å². The van der Waals surface area contributed by atoms with Gasteiger partial charge in [0.15, 0.2) is 11.5 Å². The molecule has 1 aromatic heterocycles. The quantitative estimate of drug-likeness (QED) is 0.694. The van der Waals surface area contributed by atoms with Crippen molar-refractivity contribution >= 4 is 16.8 Å². The molecule has 3 aromatic rings. The average molecular weight is 393 g/mol. The lowest BCUT2D eigenvalue weighted by molar-refractivity contribution is 0.0943. The SMILES string of the molecule is COc1cc(C(=O)NC[C@H](c2ccc3c(c2)OCO3)N(C)C)c2ccccc2n1. The van der Waals surface area contributed by atoms with Crippen molar-refractivity contribution in [3.8, 4) is 17.4 Å². The zero-order valence-electron chi connectivity index (χ0n) is 16.6. The van der Waals surface area contributed by atoms with Crippen molar-refractivity contribution in [1.82, 2.24) is 15.2 Å². The van der Waals surface area contributed by atoms with E-state index in [1.807, 2.05) is 56.6 Å². The molecule has 0 unspecified atom stereocenters. The summed E-state index contributed by atoms with van der Waals surface area (Å²) in [6.07, 6.45) is 0. The summed E-state index contributed by atoms with van der Waals surface area (Å²) < 4.78 is 16.1. The number of likely N-dealkylation sites (N-methyl/N-ethyl adjacent to an activating group) is 1. The molecule has 0 aliphatic carbocycles. The fourth-order valence-electron chi connectivity index (χ4n) is 3.45. The summed E-state index contributed by atoms with van der Waals surface area (Å²) in [5, 5.41) is 3.84. The third-order valence-corrected chi connectivity index (χ3v) is 5.01. The molecular formula is C22H23N3O4. The standard InChI is InChI=1S/C22H23N3O4/c1-25(2)18(14-8-9-19-20(10-14)29-13-28-19)12-23-22(26)16-11-21(27-3)24-17-7-5-4-6-15(16)17/h4-11,18H,12-13H2,1-3H3,(H,23,26)/t18-/m1/s1. The van der Waals surface area contributed by atoms with Crippen molar-refractivity contribution < 1.29 is 19.0 Å². The third kappa shape index (κ3) is 3.82. The molecule has 0 bridgehead atoms. The van der Waals surface area contributed by atoms with Gasteiger partial charge < -0.3 is 24.4 Å². The summed E-state index contributed by atoms with van der Waals surface area (Å²) in [6, 6.07) is 15.0. The highest BCUT2D eigenvalue weighted by molar-refractivity contribution is 6.06. The van der Waals surface area contributed by atoms with Gasteiger partial charge in [-0.15, -0.1) is 0 Å². The Kier molecular flexibility index (Phi) is 5.22. The van der Waals surface area contributed by atoms with Crippen LogP contribution in [0.15, 0.2) is 48.5 Å². The van der Waals surface area contributed by atoms with Crippen molar-refractivity contribution in [1.29, 1.82) is 0 Å². The van der Waals surface area contributed by atoms with Gasteiger partial charge in [0.1, 0.15) is 0 Å². The van der Waals surface area contributed by atoms with E-state index in [1.165, 1.54) is 0 Å². The largest absolute Gasteiger partial charge is 0.481 e. The van der Waals surface area contributed by atoms with Crippen molar-refractivity contribution in [2.45, 2.75) is 6.04 Å². The molecule has 1 N–H and O–H groups in total. The number of pyridine rings is 1. The Morgan fingerprint density at radius 2 is 1.97 bits per heavy atom. The van der Waals surface area contributed by atoms with Crippen LogP contribution >= 0.6 is 0 Å². The predicted octanol–water partition coefficient (Wildman–Crippen LogP) is 3.00. The van der Waals surface area contributed by atoms with Gasteiger partial charge in [-0.25, -0.2) is 4.98 Å². The number of amides is 1. The van der Waals surface area contributed by atoms with Crippen LogP contribution in [0, 0.1) is 0 Å². The second kappa shape index (κ2) is 7.97. The van der Waals surface area contributed by atoms with E-state index in [-0.39, 0.29) is 18.7 Å². The molecule has 0 saturated heterocycles. The van der Waals surface area contributed by atoms with Gasteiger partial charge in [0.25, 0.3) is 5.91 Å². The monoisotopic (exact) mass is 393 g/mol. The zero-order valence-corrected chi connectivity index (χ0v) is 16.6. The summed E-state index contributed by atoms with van der Waals surface area (Å²) in [6.45, 7) is 0.670. The number of para-hydroxylation sites is 1. The highest BCUT2D eigenvalue weighted by Crippen LogP contribution is 2.35. The van der Waals surface area contributed by atoms with Gasteiger partial charge in [-0.1, -0.05) is 24.3 Å². The molecule has 1 atom stereocenters. The minimum atomic E-state index is -0.172. The maximum absolute atomic E-state index is 13.0. The summed E-state index contributed by atoms with van der Waals surface area (Å²) >= 11 is 0. The summed E-state index contributed by atoms with van der Waals surface area (Å²) in [5.74, 6) is 1.71. The number of hydrogen-bond donors (Lipinski definition) is 1. The molecule has 2 aromatic carbocycles. The van der Waals surface area contributed by atoms with Crippen molar-refractivity contribution in [3.05, 3.63) is 59.7 Å². The van der Waals surface area contributed by atoms with Gasteiger partial charge in [-0.3, -0.25) is 4.79 Å². The molecule has 1 amide bonds. The van der Waals surface area contributed by atoms with Gasteiger partial charge in [0.2, 0.25) is 12.7 Å². The minimum Gasteiger partial charge on any atom is -0.481 e. The Hall–Kier alpha value is -3.32. The number of nitrogens with one attached hydrogen (secondary N) is 1. The normalized spacial score (nSPS) is 13.5. The van der Waals surface area contributed by atoms with Crippen LogP contribution in [0.5, 0.6) is 17.4 Å². The lowest BCUT2D eigenvalue weighted by Crippen LogP contribution is -2.34. The highest BCUT2D eigenvalue weighted by Gasteiger charge is 2.21. The van der Waals surface area contributed by atoms with E-state index >= 15 is 0 Å². The van der Waals surface area contributed by atoms with Gasteiger partial charge in [-0.05, 0) is 37.9 Å². The van der Waals surface area contributed by atoms with Crippen LogP contribution < -0.4 is 19.5 Å². The first-order chi connectivity index (χ1) is 14.1. The fraction of sp³-hybridized carbons (Fsp3) is 0.273. The number of rotatable bonds is 6. The van der Waals surface area contributed by atoms with Crippen LogP contribution in [-0.4, -0.2) is 50.3 Å². The summed E-state index contributed by atoms with van der Waals surface area (Å²) in [4.78, 5) is 19.5. The molecule has 7 nitrogen and oxygen atoms in total. The number of nitrogens with zero attached hydrogens (tertiary/aromatic N) is 2. The smallest absolute Gasteiger partial charge is 0.252 e. The topological polar surface area (TPSA) is 72.9 Å². The second-order valence-corrected chi connectivity index (χ2v) is 7.03. The average Bonchev–Trinajstić information content (AvgIpc) is 3.20. The molecule has 1 aliphatic rings. The molecule has 1 aliphatic heterocycles. The molecule has 29 heavy (non-hydrogen) atoms. The van der Waals surface area contributed by atoms with Crippen LogP contribution in [0.25, 0.3) is 10.9 Å². The number of aromatic nitrogens is 1. The maximum Gasteiger partial charge on any atom is 0.252 e. The van der Waals surface area contributed by atoms with Gasteiger partial charge >= 0.3 is 0 Å². The first-order valence-electron chi connectivity index (χ1n) is 9.35. The van der Waals surface area contributed by atoms with Crippen LogP contribution in [0.3, 0.4) is 0 Å². The number of ether oxygens (including phenoxy) is 3. The molecular weight excluding hydrogens is 370 g/mol. The van der Waals surface area contributed by atoms with Crippen molar-refractivity contribution in [2.24, 2.45) is 0 Å². The molecule has 0 spiro atoms. The molecule has 7 heteroatoms. The maximum atomic E-state index is 13.0. The Morgan fingerprint density at radius 3 is 2.76 bits per heavy atom. The number of carbonyl (C=O) groups is 1. The highest BCUT2D eigenvalue weighted by atomic mass is 16.7. The molecule has 4 rings (SSSR count). The molecule has 0 fully saturated rings. The number of hydrogen-bond acceptors (Lipinski definition) is 6. The number of methoxy groups -OCH3 is 1. The predicted molar refractivity (Wildman–Crippen MR) is 110 cm³/mol. The van der Waals surface area contributed by atoms with E-state index in [1.54, 1.807) is 13.2 Å². The lowest BCUT2D eigenvalue weighted by Gasteiger charge is -2.25. The van der Waals surface area contributed by atoms with Crippen LogP contribution in [0.2, 0.25) is 0 Å². The van der Waals surface area contributed by atoms with Crippen LogP contribution in [-0.2, 0) is 0 Å². The van der Waals surface area contributed by atoms with Crippen molar-refractivity contribution in [3.63, 3.8) is 0 Å². The Morgan fingerprint density at radius 1 is 1.17 bits per heavy atom. The van der Waals surface area contributed by atoms with Gasteiger partial charge in [0, 0.05) is 18.0 Å². The van der Waals surface area contributed by atoms with E-state index in [4.69, 9.17) is 14.2 Å². The van der Waals surface area contributed by atoms with Crippen molar-refractivity contribution in [2.75, 3.05) is 34.5 Å². The molecule has 0 radical (unpaired) electrons. The third-order valence-electron chi connectivity index (χ3n) is 5.01. The van der Waals surface area contributed by atoms with E-state index < -0.39 is 0 Å². The number of benzene rings is 2. The first-order valence-corrected chi connectivity index (χ1v) is 9.35. The Labute approximate surface area is 169 Å². The number of fused-ring (bicyclic) bond motifs is 2. The fourth-order valence-corrected chi connectivity index (χ4v) is 3.45. The summed E-state index contributed by atoms with van der Waals surface area (Å²) in [5.41, 5.74) is 2.30. The molecule has 0 saturated carbocycles. The van der Waals surface area contributed by atoms with Gasteiger partial charge in [0.05, 0.1) is 24.2 Å². The van der Waals surface area contributed by atoms with E-state index in [9.17, 15) is 4.79 Å². The van der Waals surface area contributed by atoms with E-state index in [0.717, 1.165) is 28.0 Å². The Balaban J connectivity index is 1.57. The lowest BCUT2D eigenvalue weighted by atomic mass is 10.0. The van der Waals surface area contributed by atoms with Crippen LogP contribution in [0.1, 0.15) is 22.0 Å². The zero-order chi connectivity index (χ0) is 20.4. The minimum absolute atomic E-state index is 0.0246. The van der Waals surface area contributed by atoms with E-state index in [2.05, 4.69) is 15.2 Å². The number of carbonyl (C=O) groups excluding carboxylic acids is 1.